The number of hydrogen-bond donors (Lipinski definition) is 4. The standard InChI is InChI=1S/C27H40N6S.C4H7NO2.C2H6/c1-30-26-19-22(6-7-25(26)27(29)31-2)21-9-14-32(15-10-21)13-8-20-4-3-5-24(18-20)34-33-16-11-23(28)12-17-33;6-3-1-2-5-4-7;1-2/h3-7,18-19,21,23,30H,8-17,28H2,1-2H3,(H2,29,31);3-4H,1-2H2,(H,5,7);1-2H3. The number of nitrogens with two attached hydrogens (primary N) is 2. The van der Waals surface area contributed by atoms with Gasteiger partial charge in [-0.1, -0.05) is 32.0 Å². The molecule has 2 aromatic carbocycles. The minimum atomic E-state index is 0.381. The van der Waals surface area contributed by atoms with Gasteiger partial charge in [0.05, 0.1) is 0 Å². The number of hydrogen-bond acceptors (Lipinski definition) is 8. The van der Waals surface area contributed by atoms with Crippen molar-refractivity contribution in [2.24, 2.45) is 16.5 Å². The molecule has 0 bridgehead atoms. The lowest BCUT2D eigenvalue weighted by Gasteiger charge is -2.32. The average Bonchev–Trinajstić information content (AvgIpc) is 3.06. The summed E-state index contributed by atoms with van der Waals surface area (Å²) in [6.07, 6.45) is 7.45. The van der Waals surface area contributed by atoms with Gasteiger partial charge in [0.25, 0.3) is 0 Å². The van der Waals surface area contributed by atoms with Gasteiger partial charge in [0.1, 0.15) is 12.1 Å². The summed E-state index contributed by atoms with van der Waals surface area (Å²) in [6.45, 7) is 10.1. The summed E-state index contributed by atoms with van der Waals surface area (Å²) in [5.74, 6) is 1.18. The molecule has 0 unspecified atom stereocenters. The SMILES string of the molecule is CC.CN=C(N)c1ccc(C2CCN(CCc3cccc(SN4CCC(N)CC4)c3)CC2)cc1NC.O=CCCNC=O. The third kappa shape index (κ3) is 12.7. The molecule has 10 heteroatoms. The fourth-order valence-corrected chi connectivity index (χ4v) is 6.25. The second kappa shape index (κ2) is 20.9. The average molecular weight is 612 g/mol. The zero-order valence-electron chi connectivity index (χ0n) is 26.6. The van der Waals surface area contributed by atoms with E-state index in [1.807, 2.05) is 32.8 Å². The van der Waals surface area contributed by atoms with Crippen LogP contribution in [0.1, 0.15) is 68.6 Å². The highest BCUT2D eigenvalue weighted by Gasteiger charge is 2.22. The Labute approximate surface area is 263 Å². The molecule has 0 atom stereocenters. The molecule has 0 aromatic heterocycles. The third-order valence-electron chi connectivity index (χ3n) is 7.73. The number of carbonyl (C=O) groups is 2. The van der Waals surface area contributed by atoms with Crippen molar-refractivity contribution in [1.29, 1.82) is 0 Å². The smallest absolute Gasteiger partial charge is 0.207 e. The molecule has 2 saturated heterocycles. The van der Waals surface area contributed by atoms with Gasteiger partial charge in [0.2, 0.25) is 6.41 Å². The van der Waals surface area contributed by atoms with E-state index < -0.39 is 0 Å². The summed E-state index contributed by atoms with van der Waals surface area (Å²) in [5, 5.41) is 5.63. The summed E-state index contributed by atoms with van der Waals surface area (Å²) < 4.78 is 2.46. The van der Waals surface area contributed by atoms with Crippen LogP contribution in [0.15, 0.2) is 52.4 Å². The number of aldehydes is 1. The van der Waals surface area contributed by atoms with Crippen LogP contribution in [0.2, 0.25) is 0 Å². The van der Waals surface area contributed by atoms with Gasteiger partial charge >= 0.3 is 0 Å². The van der Waals surface area contributed by atoms with E-state index >= 15 is 0 Å². The van der Waals surface area contributed by atoms with Crippen molar-refractivity contribution < 1.29 is 9.59 Å². The largest absolute Gasteiger partial charge is 0.388 e. The molecule has 2 aromatic rings. The molecule has 0 aliphatic carbocycles. The van der Waals surface area contributed by atoms with Crippen molar-refractivity contribution in [3.05, 3.63) is 59.2 Å². The molecule has 2 heterocycles. The minimum Gasteiger partial charge on any atom is -0.388 e. The highest BCUT2D eigenvalue weighted by Crippen LogP contribution is 2.31. The molecule has 9 nitrogen and oxygen atoms in total. The number of anilines is 1. The lowest BCUT2D eigenvalue weighted by Crippen LogP contribution is -2.36. The third-order valence-corrected chi connectivity index (χ3v) is 8.82. The van der Waals surface area contributed by atoms with E-state index in [-0.39, 0.29) is 0 Å². The molecule has 2 fully saturated rings. The summed E-state index contributed by atoms with van der Waals surface area (Å²) >= 11 is 1.89. The molecule has 2 aliphatic rings. The molecular formula is C33H53N7O2S. The van der Waals surface area contributed by atoms with Gasteiger partial charge in [-0.05, 0) is 98.5 Å². The van der Waals surface area contributed by atoms with E-state index in [0.29, 0.717) is 37.2 Å². The summed E-state index contributed by atoms with van der Waals surface area (Å²) in [6, 6.07) is 16.1. The predicted molar refractivity (Wildman–Crippen MR) is 182 cm³/mol. The van der Waals surface area contributed by atoms with E-state index in [9.17, 15) is 9.59 Å². The highest BCUT2D eigenvalue weighted by molar-refractivity contribution is 7.97. The van der Waals surface area contributed by atoms with Gasteiger partial charge in [-0.25, -0.2) is 4.31 Å². The van der Waals surface area contributed by atoms with Crippen LogP contribution in [-0.2, 0) is 16.0 Å². The molecule has 6 N–H and O–H groups in total. The Morgan fingerprint density at radius 1 is 1.05 bits per heavy atom. The van der Waals surface area contributed by atoms with Gasteiger partial charge in [0, 0.05) is 68.9 Å². The summed E-state index contributed by atoms with van der Waals surface area (Å²) in [7, 11) is 3.68. The second-order valence-corrected chi connectivity index (χ2v) is 11.7. The van der Waals surface area contributed by atoms with Crippen LogP contribution in [0.25, 0.3) is 0 Å². The molecule has 1 amide bonds. The maximum Gasteiger partial charge on any atom is 0.207 e. The zero-order valence-corrected chi connectivity index (χ0v) is 27.4. The number of piperidine rings is 2. The van der Waals surface area contributed by atoms with E-state index in [4.69, 9.17) is 11.5 Å². The zero-order chi connectivity index (χ0) is 31.5. The second-order valence-electron chi connectivity index (χ2n) is 10.6. The number of aliphatic imine (C=N–C) groups is 1. The Hall–Kier alpha value is -2.92. The Kier molecular flexibility index (Phi) is 17.6. The Morgan fingerprint density at radius 3 is 2.40 bits per heavy atom. The number of benzene rings is 2. The Balaban J connectivity index is 0.000000631. The van der Waals surface area contributed by atoms with Crippen LogP contribution in [0.4, 0.5) is 5.69 Å². The number of likely N-dealkylation sites (tertiary alicyclic amines) is 1. The molecule has 0 saturated carbocycles. The normalized spacial score (nSPS) is 16.7. The predicted octanol–water partition coefficient (Wildman–Crippen LogP) is 4.26. The van der Waals surface area contributed by atoms with E-state index in [0.717, 1.165) is 69.5 Å². The first-order chi connectivity index (χ1) is 21.0. The van der Waals surface area contributed by atoms with Gasteiger partial charge in [-0.3, -0.25) is 9.79 Å². The minimum absolute atomic E-state index is 0.381. The van der Waals surface area contributed by atoms with Crippen LogP contribution >= 0.6 is 11.9 Å². The van der Waals surface area contributed by atoms with Crippen molar-refractivity contribution in [3.8, 4) is 0 Å². The summed E-state index contributed by atoms with van der Waals surface area (Å²) in [5.41, 5.74) is 17.0. The Bertz CT molecular complexity index is 1110. The first kappa shape index (κ1) is 36.3. The van der Waals surface area contributed by atoms with Crippen LogP contribution in [0.3, 0.4) is 0 Å². The maximum absolute atomic E-state index is 9.52. The monoisotopic (exact) mass is 611 g/mol. The molecule has 2 aliphatic heterocycles. The lowest BCUT2D eigenvalue weighted by atomic mass is 9.88. The van der Waals surface area contributed by atoms with Crippen molar-refractivity contribution in [2.75, 3.05) is 58.7 Å². The number of amides is 1. The van der Waals surface area contributed by atoms with Crippen LogP contribution in [-0.4, -0.2) is 87.1 Å². The van der Waals surface area contributed by atoms with Crippen molar-refractivity contribution in [2.45, 2.75) is 69.2 Å². The lowest BCUT2D eigenvalue weighted by molar-refractivity contribution is -0.110. The van der Waals surface area contributed by atoms with Crippen molar-refractivity contribution in [3.63, 3.8) is 0 Å². The first-order valence-corrected chi connectivity index (χ1v) is 16.4. The van der Waals surface area contributed by atoms with Gasteiger partial charge in [-0.2, -0.15) is 0 Å². The van der Waals surface area contributed by atoms with Gasteiger partial charge in [0.15, 0.2) is 0 Å². The molecule has 238 valence electrons. The molecule has 43 heavy (non-hydrogen) atoms. The number of nitrogens with zero attached hydrogens (tertiary/aromatic N) is 3. The molecule has 4 rings (SSSR count). The fourth-order valence-electron chi connectivity index (χ4n) is 5.22. The first-order valence-electron chi connectivity index (χ1n) is 15.6. The number of rotatable bonds is 12. The quantitative estimate of drug-likeness (QED) is 0.0922. The number of amidine groups is 1. The van der Waals surface area contributed by atoms with Crippen LogP contribution < -0.4 is 22.1 Å². The number of carbonyl (C=O) groups excluding carboxylic acids is 2. The molecular weight excluding hydrogens is 558 g/mol. The fraction of sp³-hybridized carbons (Fsp3) is 0.545. The van der Waals surface area contributed by atoms with Gasteiger partial charge in [-0.15, -0.1) is 0 Å². The van der Waals surface area contributed by atoms with Crippen LogP contribution in [0.5, 0.6) is 0 Å². The maximum atomic E-state index is 9.52. The molecule has 0 radical (unpaired) electrons. The van der Waals surface area contributed by atoms with Gasteiger partial charge < -0.3 is 31.8 Å². The van der Waals surface area contributed by atoms with E-state index in [1.54, 1.807) is 7.05 Å². The molecule has 0 spiro atoms. The van der Waals surface area contributed by atoms with E-state index in [2.05, 4.69) is 67.3 Å². The van der Waals surface area contributed by atoms with Crippen molar-refractivity contribution >= 4 is 36.2 Å². The van der Waals surface area contributed by atoms with Crippen LogP contribution in [0, 0.1) is 0 Å². The summed E-state index contributed by atoms with van der Waals surface area (Å²) in [4.78, 5) is 27.1. The van der Waals surface area contributed by atoms with E-state index in [1.165, 1.54) is 28.9 Å². The topological polar surface area (TPSA) is 129 Å². The number of nitrogens with one attached hydrogen (secondary N) is 2. The Morgan fingerprint density at radius 2 is 1.77 bits per heavy atom. The highest BCUT2D eigenvalue weighted by atomic mass is 32.2. The van der Waals surface area contributed by atoms with Crippen molar-refractivity contribution in [1.82, 2.24) is 14.5 Å².